The maximum absolute atomic E-state index is 5.72. The van der Waals surface area contributed by atoms with Crippen LogP contribution in [-0.2, 0) is 13.0 Å². The zero-order chi connectivity index (χ0) is 14.1. The number of nitrogens with one attached hydrogen (secondary N) is 1. The standard InChI is InChI=1S/C14H13Br2N3O/c1-8-18-12(16)6-13(19-8)17-7-10-5-11(15)4-9-2-3-20-14(9)10/h4-6H,2-3,7H2,1H3,(H,17,18,19). The summed E-state index contributed by atoms with van der Waals surface area (Å²) in [5.41, 5.74) is 2.40. The largest absolute Gasteiger partial charge is 0.493 e. The van der Waals surface area contributed by atoms with Crippen molar-refractivity contribution < 1.29 is 4.74 Å². The smallest absolute Gasteiger partial charge is 0.131 e. The minimum absolute atomic E-state index is 0.671. The van der Waals surface area contributed by atoms with E-state index >= 15 is 0 Å². The molecule has 0 spiro atoms. The second kappa shape index (κ2) is 5.69. The van der Waals surface area contributed by atoms with Crippen LogP contribution in [0.4, 0.5) is 5.82 Å². The molecule has 0 fully saturated rings. The van der Waals surface area contributed by atoms with Crippen molar-refractivity contribution in [1.29, 1.82) is 0 Å². The molecule has 1 aliphatic heterocycles. The molecule has 0 aliphatic carbocycles. The number of hydrogen-bond donors (Lipinski definition) is 1. The maximum atomic E-state index is 5.72. The van der Waals surface area contributed by atoms with Gasteiger partial charge in [0.2, 0.25) is 0 Å². The summed E-state index contributed by atoms with van der Waals surface area (Å²) in [6.07, 6.45) is 0.972. The summed E-state index contributed by atoms with van der Waals surface area (Å²) in [4.78, 5) is 8.55. The van der Waals surface area contributed by atoms with Crippen LogP contribution in [0.3, 0.4) is 0 Å². The van der Waals surface area contributed by atoms with Crippen LogP contribution in [0.25, 0.3) is 0 Å². The number of benzene rings is 1. The van der Waals surface area contributed by atoms with E-state index in [0.29, 0.717) is 6.54 Å². The Balaban J connectivity index is 1.82. The van der Waals surface area contributed by atoms with E-state index in [0.717, 1.165) is 45.1 Å². The fourth-order valence-corrected chi connectivity index (χ4v) is 3.31. The zero-order valence-electron chi connectivity index (χ0n) is 10.9. The van der Waals surface area contributed by atoms with E-state index in [4.69, 9.17) is 4.74 Å². The lowest BCUT2D eigenvalue weighted by Gasteiger charge is -2.11. The summed E-state index contributed by atoms with van der Waals surface area (Å²) in [5, 5.41) is 3.32. The third-order valence-electron chi connectivity index (χ3n) is 3.09. The molecule has 1 aromatic heterocycles. The Morgan fingerprint density at radius 1 is 1.25 bits per heavy atom. The zero-order valence-corrected chi connectivity index (χ0v) is 14.1. The highest BCUT2D eigenvalue weighted by molar-refractivity contribution is 9.10. The topological polar surface area (TPSA) is 47.0 Å². The van der Waals surface area contributed by atoms with Gasteiger partial charge in [-0.15, -0.1) is 0 Å². The van der Waals surface area contributed by atoms with Gasteiger partial charge in [0, 0.05) is 29.1 Å². The minimum atomic E-state index is 0.671. The molecule has 0 bridgehead atoms. The lowest BCUT2D eigenvalue weighted by atomic mass is 10.1. The predicted octanol–water partition coefficient (Wildman–Crippen LogP) is 3.86. The molecule has 104 valence electrons. The van der Waals surface area contributed by atoms with Crippen molar-refractivity contribution in [3.05, 3.63) is 44.2 Å². The van der Waals surface area contributed by atoms with Crippen LogP contribution in [0, 0.1) is 6.92 Å². The first kappa shape index (κ1) is 13.8. The summed E-state index contributed by atoms with van der Waals surface area (Å²) < 4.78 is 7.58. The first-order valence-corrected chi connectivity index (χ1v) is 7.89. The van der Waals surface area contributed by atoms with E-state index in [2.05, 4.69) is 59.3 Å². The fraction of sp³-hybridized carbons (Fsp3) is 0.286. The molecule has 3 rings (SSSR count). The molecule has 0 amide bonds. The minimum Gasteiger partial charge on any atom is -0.493 e. The Labute approximate surface area is 134 Å². The second-order valence-electron chi connectivity index (χ2n) is 4.63. The van der Waals surface area contributed by atoms with Gasteiger partial charge in [0.05, 0.1) is 6.61 Å². The molecule has 1 aliphatic rings. The third kappa shape index (κ3) is 2.96. The number of rotatable bonds is 3. The molecule has 1 N–H and O–H groups in total. The van der Waals surface area contributed by atoms with Gasteiger partial charge in [0.1, 0.15) is 22.0 Å². The van der Waals surface area contributed by atoms with Gasteiger partial charge >= 0.3 is 0 Å². The Hall–Kier alpha value is -1.14. The van der Waals surface area contributed by atoms with E-state index in [1.807, 2.05) is 13.0 Å². The Morgan fingerprint density at radius 3 is 2.90 bits per heavy atom. The highest BCUT2D eigenvalue weighted by Crippen LogP contribution is 2.33. The summed E-state index contributed by atoms with van der Waals surface area (Å²) in [6.45, 7) is 3.30. The molecule has 4 nitrogen and oxygen atoms in total. The van der Waals surface area contributed by atoms with Crippen molar-refractivity contribution in [2.75, 3.05) is 11.9 Å². The number of aryl methyl sites for hydroxylation is 1. The normalized spacial score (nSPS) is 12.9. The predicted molar refractivity (Wildman–Crippen MR) is 85.1 cm³/mol. The molecule has 2 heterocycles. The van der Waals surface area contributed by atoms with Crippen molar-refractivity contribution in [1.82, 2.24) is 9.97 Å². The van der Waals surface area contributed by atoms with E-state index in [-0.39, 0.29) is 0 Å². The van der Waals surface area contributed by atoms with Gasteiger partial charge in [0.25, 0.3) is 0 Å². The SMILES string of the molecule is Cc1nc(Br)cc(NCc2cc(Br)cc3c2OCC3)n1. The fourth-order valence-electron chi connectivity index (χ4n) is 2.28. The van der Waals surface area contributed by atoms with Crippen molar-refractivity contribution in [3.8, 4) is 5.75 Å². The quantitative estimate of drug-likeness (QED) is 0.797. The first-order chi connectivity index (χ1) is 9.61. The molecule has 1 aromatic carbocycles. The van der Waals surface area contributed by atoms with Crippen LogP contribution in [0.1, 0.15) is 17.0 Å². The number of anilines is 1. The van der Waals surface area contributed by atoms with E-state index < -0.39 is 0 Å². The van der Waals surface area contributed by atoms with Crippen LogP contribution in [0.15, 0.2) is 27.3 Å². The van der Waals surface area contributed by atoms with E-state index in [9.17, 15) is 0 Å². The number of ether oxygens (including phenoxy) is 1. The molecule has 0 saturated heterocycles. The molecule has 0 saturated carbocycles. The van der Waals surface area contributed by atoms with Gasteiger partial charge in [-0.1, -0.05) is 15.9 Å². The van der Waals surface area contributed by atoms with Crippen LogP contribution < -0.4 is 10.1 Å². The van der Waals surface area contributed by atoms with Gasteiger partial charge in [-0.25, -0.2) is 9.97 Å². The number of aromatic nitrogens is 2. The number of hydrogen-bond acceptors (Lipinski definition) is 4. The van der Waals surface area contributed by atoms with Gasteiger partial charge in [-0.05, 0) is 40.5 Å². The monoisotopic (exact) mass is 397 g/mol. The second-order valence-corrected chi connectivity index (χ2v) is 6.36. The lowest BCUT2D eigenvalue weighted by molar-refractivity contribution is 0.354. The number of halogens is 2. The maximum Gasteiger partial charge on any atom is 0.131 e. The average Bonchev–Trinajstić information content (AvgIpc) is 2.82. The van der Waals surface area contributed by atoms with Crippen molar-refractivity contribution in [2.24, 2.45) is 0 Å². The van der Waals surface area contributed by atoms with Gasteiger partial charge in [-0.2, -0.15) is 0 Å². The lowest BCUT2D eigenvalue weighted by Crippen LogP contribution is -2.04. The molecular weight excluding hydrogens is 386 g/mol. The van der Waals surface area contributed by atoms with Crippen molar-refractivity contribution in [3.63, 3.8) is 0 Å². The molecular formula is C14H13Br2N3O. The summed E-state index contributed by atoms with van der Waals surface area (Å²) >= 11 is 6.93. The van der Waals surface area contributed by atoms with Crippen LogP contribution in [0.5, 0.6) is 5.75 Å². The highest BCUT2D eigenvalue weighted by atomic mass is 79.9. The van der Waals surface area contributed by atoms with Gasteiger partial charge < -0.3 is 10.1 Å². The molecule has 0 atom stereocenters. The number of fused-ring (bicyclic) bond motifs is 1. The number of nitrogens with zero attached hydrogens (tertiary/aromatic N) is 2. The van der Waals surface area contributed by atoms with E-state index in [1.165, 1.54) is 5.56 Å². The Morgan fingerprint density at radius 2 is 2.10 bits per heavy atom. The average molecular weight is 399 g/mol. The summed E-state index contributed by atoms with van der Waals surface area (Å²) in [7, 11) is 0. The molecule has 2 aromatic rings. The molecule has 0 unspecified atom stereocenters. The highest BCUT2D eigenvalue weighted by Gasteiger charge is 2.17. The van der Waals surface area contributed by atoms with Crippen LogP contribution in [-0.4, -0.2) is 16.6 Å². The van der Waals surface area contributed by atoms with Gasteiger partial charge in [0.15, 0.2) is 0 Å². The molecule has 0 radical (unpaired) electrons. The summed E-state index contributed by atoms with van der Waals surface area (Å²) in [5.74, 6) is 2.54. The van der Waals surface area contributed by atoms with Crippen LogP contribution in [0.2, 0.25) is 0 Å². The summed E-state index contributed by atoms with van der Waals surface area (Å²) in [6, 6.07) is 6.07. The van der Waals surface area contributed by atoms with Gasteiger partial charge in [-0.3, -0.25) is 0 Å². The Bertz CT molecular complexity index is 641. The molecule has 6 heteroatoms. The molecule has 20 heavy (non-hydrogen) atoms. The van der Waals surface area contributed by atoms with E-state index in [1.54, 1.807) is 0 Å². The van der Waals surface area contributed by atoms with Crippen molar-refractivity contribution >= 4 is 37.7 Å². The van der Waals surface area contributed by atoms with Crippen LogP contribution >= 0.6 is 31.9 Å². The third-order valence-corrected chi connectivity index (χ3v) is 3.96. The van der Waals surface area contributed by atoms with Crippen molar-refractivity contribution in [2.45, 2.75) is 19.9 Å². The Kier molecular flexibility index (Phi) is 3.94. The first-order valence-electron chi connectivity index (χ1n) is 6.31.